The zero-order valence-electron chi connectivity index (χ0n) is 7.84. The Morgan fingerprint density at radius 3 is 2.54 bits per heavy atom. The lowest BCUT2D eigenvalue weighted by atomic mass is 10.0. The van der Waals surface area contributed by atoms with Gasteiger partial charge in [-0.2, -0.15) is 0 Å². The van der Waals surface area contributed by atoms with Crippen LogP contribution in [0.2, 0.25) is 0 Å². The van der Waals surface area contributed by atoms with Crippen LogP contribution in [-0.4, -0.2) is 37.0 Å². The summed E-state index contributed by atoms with van der Waals surface area (Å²) in [5, 5.41) is 3.34. The van der Waals surface area contributed by atoms with Crippen LogP contribution in [0.15, 0.2) is 0 Å². The van der Waals surface area contributed by atoms with Gasteiger partial charge in [-0.1, -0.05) is 5.92 Å². The number of hydrogen-bond donors (Lipinski definition) is 1. The summed E-state index contributed by atoms with van der Waals surface area (Å²) in [6.45, 7) is 5.62. The third-order valence-electron chi connectivity index (χ3n) is 2.91. The third-order valence-corrected chi connectivity index (χ3v) is 2.91. The van der Waals surface area contributed by atoms with Crippen LogP contribution < -0.4 is 5.32 Å². The molecule has 0 saturated carbocycles. The highest BCUT2D eigenvalue weighted by Gasteiger charge is 2.37. The number of likely N-dealkylation sites (tertiary alicyclic amines) is 1. The average molecular weight is 178 g/mol. The van der Waals surface area contributed by atoms with Crippen LogP contribution >= 0.6 is 0 Å². The number of fused-ring (bicyclic) bond motifs is 1. The van der Waals surface area contributed by atoms with Crippen molar-refractivity contribution in [2.24, 2.45) is 11.8 Å². The molecule has 2 atom stereocenters. The van der Waals surface area contributed by atoms with E-state index in [2.05, 4.69) is 17.2 Å². The fourth-order valence-electron chi connectivity index (χ4n) is 2.21. The molecule has 3 heteroatoms. The molecule has 0 aliphatic carbocycles. The summed E-state index contributed by atoms with van der Waals surface area (Å²) in [5.74, 6) is 6.58. The largest absolute Gasteiger partial charge is 0.331 e. The molecule has 0 spiro atoms. The van der Waals surface area contributed by atoms with Crippen LogP contribution in [0.25, 0.3) is 0 Å². The Morgan fingerprint density at radius 1 is 1.38 bits per heavy atom. The van der Waals surface area contributed by atoms with E-state index in [0.29, 0.717) is 11.8 Å². The van der Waals surface area contributed by atoms with E-state index in [1.807, 2.05) is 4.90 Å². The van der Waals surface area contributed by atoms with E-state index in [1.165, 1.54) is 0 Å². The first-order chi connectivity index (χ1) is 6.31. The Labute approximate surface area is 78.5 Å². The normalized spacial score (nSPS) is 31.0. The predicted octanol–water partition coefficient (Wildman–Crippen LogP) is -0.312. The summed E-state index contributed by atoms with van der Waals surface area (Å²) >= 11 is 0. The van der Waals surface area contributed by atoms with Gasteiger partial charge in [0.25, 0.3) is 5.91 Å². The zero-order valence-corrected chi connectivity index (χ0v) is 7.84. The van der Waals surface area contributed by atoms with E-state index in [0.717, 1.165) is 26.2 Å². The molecule has 2 fully saturated rings. The minimum Gasteiger partial charge on any atom is -0.331 e. The molecule has 0 radical (unpaired) electrons. The van der Waals surface area contributed by atoms with E-state index in [4.69, 9.17) is 0 Å². The van der Waals surface area contributed by atoms with Crippen molar-refractivity contribution in [3.05, 3.63) is 0 Å². The first kappa shape index (κ1) is 8.58. The minimum atomic E-state index is -0.00287. The van der Waals surface area contributed by atoms with Crippen molar-refractivity contribution in [3.8, 4) is 11.8 Å². The molecular formula is C10H14N2O. The molecule has 0 bridgehead atoms. The maximum Gasteiger partial charge on any atom is 0.298 e. The highest BCUT2D eigenvalue weighted by molar-refractivity contribution is 5.93. The quantitative estimate of drug-likeness (QED) is 0.516. The van der Waals surface area contributed by atoms with Crippen molar-refractivity contribution in [1.29, 1.82) is 0 Å². The third kappa shape index (κ3) is 1.54. The molecule has 0 aromatic rings. The highest BCUT2D eigenvalue weighted by Crippen LogP contribution is 2.25. The lowest BCUT2D eigenvalue weighted by Gasteiger charge is -2.13. The first-order valence-electron chi connectivity index (χ1n) is 4.73. The second-order valence-corrected chi connectivity index (χ2v) is 3.76. The van der Waals surface area contributed by atoms with Gasteiger partial charge in [0.05, 0.1) is 0 Å². The molecule has 0 aromatic heterocycles. The number of carbonyl (C=O) groups is 1. The van der Waals surface area contributed by atoms with E-state index < -0.39 is 0 Å². The Kier molecular flexibility index (Phi) is 2.24. The van der Waals surface area contributed by atoms with Crippen LogP contribution in [-0.2, 0) is 4.79 Å². The molecular weight excluding hydrogens is 164 g/mol. The number of amides is 1. The lowest BCUT2D eigenvalue weighted by Crippen LogP contribution is -2.30. The number of carbonyl (C=O) groups excluding carboxylic acids is 1. The molecule has 2 aliphatic heterocycles. The summed E-state index contributed by atoms with van der Waals surface area (Å²) in [6.07, 6.45) is 0. The summed E-state index contributed by atoms with van der Waals surface area (Å²) in [6, 6.07) is 0. The number of nitrogens with zero attached hydrogens (tertiary/aromatic N) is 1. The summed E-state index contributed by atoms with van der Waals surface area (Å²) in [5.41, 5.74) is 0. The predicted molar refractivity (Wildman–Crippen MR) is 49.9 cm³/mol. The van der Waals surface area contributed by atoms with Crippen LogP contribution in [0, 0.1) is 23.7 Å². The Bertz CT molecular complexity index is 264. The maximum atomic E-state index is 11.4. The SMILES string of the molecule is CC#CC(=O)N1CC2CNCC2C1. The molecule has 0 aromatic carbocycles. The van der Waals surface area contributed by atoms with Gasteiger partial charge in [0.1, 0.15) is 0 Å². The number of hydrogen-bond acceptors (Lipinski definition) is 2. The molecule has 13 heavy (non-hydrogen) atoms. The van der Waals surface area contributed by atoms with E-state index in [-0.39, 0.29) is 5.91 Å². The second kappa shape index (κ2) is 3.39. The van der Waals surface area contributed by atoms with Crippen molar-refractivity contribution in [2.75, 3.05) is 26.2 Å². The number of rotatable bonds is 0. The summed E-state index contributed by atoms with van der Waals surface area (Å²) < 4.78 is 0. The summed E-state index contributed by atoms with van der Waals surface area (Å²) in [4.78, 5) is 13.3. The summed E-state index contributed by atoms with van der Waals surface area (Å²) in [7, 11) is 0. The standard InChI is InChI=1S/C10H14N2O/c1-2-3-10(13)12-6-8-4-11-5-9(8)7-12/h8-9,11H,4-7H2,1H3. The van der Waals surface area contributed by atoms with Crippen molar-refractivity contribution < 1.29 is 4.79 Å². The topological polar surface area (TPSA) is 32.3 Å². The van der Waals surface area contributed by atoms with Crippen molar-refractivity contribution in [1.82, 2.24) is 10.2 Å². The molecule has 2 aliphatic rings. The molecule has 2 rings (SSSR count). The lowest BCUT2D eigenvalue weighted by molar-refractivity contribution is -0.124. The van der Waals surface area contributed by atoms with Crippen molar-refractivity contribution in [2.45, 2.75) is 6.92 Å². The fraction of sp³-hybridized carbons (Fsp3) is 0.700. The average Bonchev–Trinajstić information content (AvgIpc) is 2.61. The van der Waals surface area contributed by atoms with Crippen molar-refractivity contribution in [3.63, 3.8) is 0 Å². The van der Waals surface area contributed by atoms with Crippen molar-refractivity contribution >= 4 is 5.91 Å². The van der Waals surface area contributed by atoms with Gasteiger partial charge in [-0.05, 0) is 24.7 Å². The second-order valence-electron chi connectivity index (χ2n) is 3.76. The van der Waals surface area contributed by atoms with Gasteiger partial charge >= 0.3 is 0 Å². The Balaban J connectivity index is 1.97. The van der Waals surface area contributed by atoms with E-state index in [1.54, 1.807) is 6.92 Å². The van der Waals surface area contributed by atoms with Crippen LogP contribution in [0.5, 0.6) is 0 Å². The van der Waals surface area contributed by atoms with E-state index >= 15 is 0 Å². The monoisotopic (exact) mass is 178 g/mol. The van der Waals surface area contributed by atoms with Crippen LogP contribution in [0.1, 0.15) is 6.92 Å². The number of nitrogens with one attached hydrogen (secondary N) is 1. The molecule has 2 unspecified atom stereocenters. The van der Waals surface area contributed by atoms with Crippen LogP contribution in [0.4, 0.5) is 0 Å². The maximum absolute atomic E-state index is 11.4. The Morgan fingerprint density at radius 2 is 2.00 bits per heavy atom. The molecule has 1 N–H and O–H groups in total. The van der Waals surface area contributed by atoms with Gasteiger partial charge in [-0.3, -0.25) is 4.79 Å². The minimum absolute atomic E-state index is 0.00287. The van der Waals surface area contributed by atoms with E-state index in [9.17, 15) is 4.79 Å². The van der Waals surface area contributed by atoms with Gasteiger partial charge in [0, 0.05) is 26.2 Å². The molecule has 3 nitrogen and oxygen atoms in total. The zero-order chi connectivity index (χ0) is 9.26. The smallest absolute Gasteiger partial charge is 0.298 e. The van der Waals surface area contributed by atoms with Gasteiger partial charge in [-0.25, -0.2) is 0 Å². The van der Waals surface area contributed by atoms with Gasteiger partial charge in [0.2, 0.25) is 0 Å². The van der Waals surface area contributed by atoms with Gasteiger partial charge in [0.15, 0.2) is 0 Å². The molecule has 1 amide bonds. The Hall–Kier alpha value is -1.01. The van der Waals surface area contributed by atoms with Crippen LogP contribution in [0.3, 0.4) is 0 Å². The highest BCUT2D eigenvalue weighted by atomic mass is 16.2. The molecule has 70 valence electrons. The molecule has 2 saturated heterocycles. The van der Waals surface area contributed by atoms with Gasteiger partial charge < -0.3 is 10.2 Å². The molecule has 2 heterocycles. The van der Waals surface area contributed by atoms with Gasteiger partial charge in [-0.15, -0.1) is 0 Å². The first-order valence-corrected chi connectivity index (χ1v) is 4.73. The fourth-order valence-corrected chi connectivity index (χ4v) is 2.21.